The Kier molecular flexibility index (Phi) is 3.42. The fourth-order valence-electron chi connectivity index (χ4n) is 0.560. The lowest BCUT2D eigenvalue weighted by atomic mass is 10.4. The molecule has 0 aliphatic heterocycles. The van der Waals surface area contributed by atoms with Crippen LogP contribution in [0.1, 0.15) is 12.1 Å². The van der Waals surface area contributed by atoms with Gasteiger partial charge < -0.3 is 4.79 Å². The van der Waals surface area contributed by atoms with Crippen LogP contribution in [-0.4, -0.2) is 16.3 Å². The number of halogens is 1. The van der Waals surface area contributed by atoms with Crippen molar-refractivity contribution in [1.82, 2.24) is 9.97 Å². The number of hydrogen-bond donors (Lipinski definition) is 0. The Bertz CT molecular complexity index is 323. The summed E-state index contributed by atoms with van der Waals surface area (Å²) in [5, 5.41) is 0. The highest BCUT2D eigenvalue weighted by Gasteiger charge is 1.88. The van der Waals surface area contributed by atoms with Crippen LogP contribution in [-0.2, 0) is 4.79 Å². The van der Waals surface area contributed by atoms with E-state index in [1.807, 2.05) is 0 Å². The molecule has 0 saturated heterocycles. The van der Waals surface area contributed by atoms with E-state index in [1.54, 1.807) is 12.4 Å². The first kappa shape index (κ1) is 8.88. The van der Waals surface area contributed by atoms with Gasteiger partial charge in [-0.3, -0.25) is 0 Å². The first-order valence-corrected chi connectivity index (χ1v) is 4.02. The van der Waals surface area contributed by atoms with Gasteiger partial charge in [0.05, 0.1) is 18.8 Å². The number of aldehydes is 1. The Labute approximate surface area is 78.4 Å². The molecular formula is C8H5BrN2O. The van der Waals surface area contributed by atoms with E-state index >= 15 is 0 Å². The molecule has 1 aromatic rings. The highest BCUT2D eigenvalue weighted by atomic mass is 79.9. The molecule has 0 saturated carbocycles. The maximum absolute atomic E-state index is 9.90. The van der Waals surface area contributed by atoms with Gasteiger partial charge in [0.2, 0.25) is 0 Å². The Hall–Kier alpha value is -1.21. The topological polar surface area (TPSA) is 42.9 Å². The summed E-state index contributed by atoms with van der Waals surface area (Å²) in [6, 6.07) is 0. The zero-order chi connectivity index (χ0) is 8.81. The molecular weight excluding hydrogens is 220 g/mol. The second-order valence-electron chi connectivity index (χ2n) is 1.90. The van der Waals surface area contributed by atoms with E-state index in [2.05, 4.69) is 37.7 Å². The number of rotatable bonds is 1. The van der Waals surface area contributed by atoms with Gasteiger partial charge in [-0.2, -0.15) is 0 Å². The lowest BCUT2D eigenvalue weighted by Crippen LogP contribution is -1.84. The van der Waals surface area contributed by atoms with Crippen LogP contribution < -0.4 is 0 Å². The summed E-state index contributed by atoms with van der Waals surface area (Å²) in [4.78, 5) is 17.8. The Morgan fingerprint density at radius 1 is 1.50 bits per heavy atom. The maximum atomic E-state index is 9.90. The van der Waals surface area contributed by atoms with Gasteiger partial charge >= 0.3 is 0 Å². The molecule has 0 N–H and O–H groups in total. The van der Waals surface area contributed by atoms with E-state index < -0.39 is 0 Å². The molecule has 12 heavy (non-hydrogen) atoms. The molecule has 1 rings (SSSR count). The van der Waals surface area contributed by atoms with Crippen LogP contribution in [0.3, 0.4) is 0 Å². The Balaban J connectivity index is 2.72. The Morgan fingerprint density at radius 2 is 2.33 bits per heavy atom. The minimum Gasteiger partial charge on any atom is -0.302 e. The molecule has 1 heterocycles. The third-order valence-electron chi connectivity index (χ3n) is 1.02. The highest BCUT2D eigenvalue weighted by molar-refractivity contribution is 9.10. The SMILES string of the molecule is O=CCC#Cc1cnc(Br)cn1. The lowest BCUT2D eigenvalue weighted by molar-refractivity contribution is -0.107. The van der Waals surface area contributed by atoms with Crippen molar-refractivity contribution in [3.05, 3.63) is 22.7 Å². The van der Waals surface area contributed by atoms with Gasteiger partial charge in [0.15, 0.2) is 0 Å². The number of hydrogen-bond acceptors (Lipinski definition) is 3. The van der Waals surface area contributed by atoms with Crippen molar-refractivity contribution in [3.63, 3.8) is 0 Å². The van der Waals surface area contributed by atoms with Gasteiger partial charge in [0.1, 0.15) is 16.6 Å². The standard InChI is InChI=1S/C8H5BrN2O/c9-8-6-10-7(5-11-8)3-1-2-4-12/h4-6H,2H2. The van der Waals surface area contributed by atoms with Crippen molar-refractivity contribution in [1.29, 1.82) is 0 Å². The largest absolute Gasteiger partial charge is 0.302 e. The Morgan fingerprint density at radius 3 is 2.92 bits per heavy atom. The van der Waals surface area contributed by atoms with Crippen LogP contribution in [0.4, 0.5) is 0 Å². The molecule has 1 aromatic heterocycles. The molecule has 0 aliphatic carbocycles. The van der Waals surface area contributed by atoms with E-state index in [-0.39, 0.29) is 6.42 Å². The monoisotopic (exact) mass is 224 g/mol. The van der Waals surface area contributed by atoms with Crippen molar-refractivity contribution in [2.45, 2.75) is 6.42 Å². The highest BCUT2D eigenvalue weighted by Crippen LogP contribution is 2.01. The van der Waals surface area contributed by atoms with Gasteiger partial charge in [-0.15, -0.1) is 0 Å². The fraction of sp³-hybridized carbons (Fsp3) is 0.125. The second-order valence-corrected chi connectivity index (χ2v) is 2.71. The molecule has 0 spiro atoms. The van der Waals surface area contributed by atoms with Crippen molar-refractivity contribution in [2.75, 3.05) is 0 Å². The van der Waals surface area contributed by atoms with Gasteiger partial charge in [-0.05, 0) is 21.9 Å². The summed E-state index contributed by atoms with van der Waals surface area (Å²) in [6.07, 6.45) is 4.09. The molecule has 0 amide bonds. The molecule has 60 valence electrons. The molecule has 0 atom stereocenters. The number of carbonyl (C=O) groups excluding carboxylic acids is 1. The van der Waals surface area contributed by atoms with Crippen LogP contribution in [0.5, 0.6) is 0 Å². The molecule has 0 aliphatic rings. The normalized spacial score (nSPS) is 8.42. The molecule has 0 radical (unpaired) electrons. The van der Waals surface area contributed by atoms with E-state index in [0.29, 0.717) is 10.3 Å². The average Bonchev–Trinajstić information content (AvgIpc) is 2.09. The van der Waals surface area contributed by atoms with Crippen molar-refractivity contribution >= 4 is 22.2 Å². The van der Waals surface area contributed by atoms with Crippen molar-refractivity contribution in [2.24, 2.45) is 0 Å². The quantitative estimate of drug-likeness (QED) is 0.532. The molecule has 0 fully saturated rings. The zero-order valence-corrected chi connectivity index (χ0v) is 7.71. The minimum atomic E-state index is 0.234. The van der Waals surface area contributed by atoms with Gasteiger partial charge in [-0.25, -0.2) is 9.97 Å². The van der Waals surface area contributed by atoms with Crippen LogP contribution in [0, 0.1) is 11.8 Å². The summed E-state index contributed by atoms with van der Waals surface area (Å²) < 4.78 is 0.670. The fourth-order valence-corrected chi connectivity index (χ4v) is 0.765. The predicted molar refractivity (Wildman–Crippen MR) is 47.3 cm³/mol. The molecule has 0 bridgehead atoms. The molecule has 0 aromatic carbocycles. The third-order valence-corrected chi connectivity index (χ3v) is 1.43. The average molecular weight is 225 g/mol. The van der Waals surface area contributed by atoms with Crippen LogP contribution in [0.25, 0.3) is 0 Å². The molecule has 3 nitrogen and oxygen atoms in total. The first-order chi connectivity index (χ1) is 5.83. The van der Waals surface area contributed by atoms with Crippen molar-refractivity contribution < 1.29 is 4.79 Å². The summed E-state index contributed by atoms with van der Waals surface area (Å²) in [6.45, 7) is 0. The number of carbonyl (C=O) groups is 1. The number of aromatic nitrogens is 2. The summed E-state index contributed by atoms with van der Waals surface area (Å²) in [7, 11) is 0. The van der Waals surface area contributed by atoms with E-state index in [1.165, 1.54) is 0 Å². The number of nitrogens with zero attached hydrogens (tertiary/aromatic N) is 2. The van der Waals surface area contributed by atoms with Crippen LogP contribution in [0.2, 0.25) is 0 Å². The van der Waals surface area contributed by atoms with Crippen LogP contribution >= 0.6 is 15.9 Å². The summed E-state index contributed by atoms with van der Waals surface area (Å²) in [5.41, 5.74) is 0.569. The van der Waals surface area contributed by atoms with Crippen molar-refractivity contribution in [3.8, 4) is 11.8 Å². The van der Waals surface area contributed by atoms with Gasteiger partial charge in [-0.1, -0.05) is 5.92 Å². The van der Waals surface area contributed by atoms with E-state index in [9.17, 15) is 4.79 Å². The summed E-state index contributed by atoms with van der Waals surface area (Å²) >= 11 is 3.15. The maximum Gasteiger partial charge on any atom is 0.131 e. The van der Waals surface area contributed by atoms with Gasteiger partial charge in [0, 0.05) is 0 Å². The molecule has 4 heteroatoms. The molecule has 0 unspecified atom stereocenters. The van der Waals surface area contributed by atoms with E-state index in [0.717, 1.165) is 6.29 Å². The predicted octanol–water partition coefficient (Wildman–Crippen LogP) is 1.18. The van der Waals surface area contributed by atoms with Gasteiger partial charge in [0.25, 0.3) is 0 Å². The van der Waals surface area contributed by atoms with E-state index in [4.69, 9.17) is 0 Å². The first-order valence-electron chi connectivity index (χ1n) is 3.23. The minimum absolute atomic E-state index is 0.234. The third kappa shape index (κ3) is 2.81. The zero-order valence-electron chi connectivity index (χ0n) is 6.12. The smallest absolute Gasteiger partial charge is 0.131 e. The van der Waals surface area contributed by atoms with Crippen LogP contribution in [0.15, 0.2) is 17.0 Å². The second kappa shape index (κ2) is 4.62. The summed E-state index contributed by atoms with van der Waals surface area (Å²) in [5.74, 6) is 5.33. The lowest BCUT2D eigenvalue weighted by Gasteiger charge is -1.87.